The third-order valence-electron chi connectivity index (χ3n) is 3.80. The molecule has 3 rings (SSSR count). The fourth-order valence-electron chi connectivity index (χ4n) is 2.58. The van der Waals surface area contributed by atoms with E-state index in [0.29, 0.717) is 0 Å². The Morgan fingerprint density at radius 1 is 1.20 bits per heavy atom. The highest BCUT2D eigenvalue weighted by molar-refractivity contribution is 5.31. The molecule has 15 heavy (non-hydrogen) atoms. The first-order chi connectivity index (χ1) is 7.34. The van der Waals surface area contributed by atoms with Crippen molar-refractivity contribution in [1.29, 1.82) is 0 Å². The molecule has 0 aliphatic carbocycles. The second-order valence-electron chi connectivity index (χ2n) is 4.66. The van der Waals surface area contributed by atoms with E-state index in [0.717, 1.165) is 32.7 Å². The summed E-state index contributed by atoms with van der Waals surface area (Å²) in [5.41, 5.74) is 9.06. The summed E-state index contributed by atoms with van der Waals surface area (Å²) < 4.78 is 0. The summed E-state index contributed by atoms with van der Waals surface area (Å²) in [5, 5.41) is 3.33. The van der Waals surface area contributed by atoms with E-state index < -0.39 is 0 Å². The van der Waals surface area contributed by atoms with E-state index in [1.807, 2.05) is 0 Å². The number of nitrogens with two attached hydrogens (primary N) is 1. The molecule has 0 spiro atoms. The summed E-state index contributed by atoms with van der Waals surface area (Å²) in [6, 6.07) is 8.70. The minimum Gasteiger partial charge on any atom is -0.329 e. The molecule has 3 N–H and O–H groups in total. The van der Waals surface area contributed by atoms with Crippen molar-refractivity contribution in [2.75, 3.05) is 19.6 Å². The van der Waals surface area contributed by atoms with Gasteiger partial charge in [-0.1, -0.05) is 24.3 Å². The Kier molecular flexibility index (Phi) is 2.06. The summed E-state index contributed by atoms with van der Waals surface area (Å²) >= 11 is 0. The van der Waals surface area contributed by atoms with Crippen LogP contribution in [0, 0.1) is 0 Å². The molecule has 0 bridgehead atoms. The number of hydrogen-bond acceptors (Lipinski definition) is 3. The third-order valence-corrected chi connectivity index (χ3v) is 3.80. The zero-order chi connectivity index (χ0) is 10.3. The van der Waals surface area contributed by atoms with Crippen molar-refractivity contribution in [2.45, 2.75) is 18.6 Å². The lowest BCUT2D eigenvalue weighted by atomic mass is 9.90. The molecule has 80 valence electrons. The molecule has 0 radical (unpaired) electrons. The lowest BCUT2D eigenvalue weighted by molar-refractivity contribution is 0.0414. The van der Waals surface area contributed by atoms with E-state index in [1.165, 1.54) is 11.1 Å². The smallest absolute Gasteiger partial charge is 0.0587 e. The molecule has 2 aliphatic rings. The van der Waals surface area contributed by atoms with Gasteiger partial charge in [-0.2, -0.15) is 0 Å². The van der Waals surface area contributed by atoms with E-state index in [1.54, 1.807) is 0 Å². The lowest BCUT2D eigenvalue weighted by Crippen LogP contribution is -2.71. The van der Waals surface area contributed by atoms with Gasteiger partial charge in [-0.15, -0.1) is 0 Å². The van der Waals surface area contributed by atoms with E-state index >= 15 is 0 Å². The molecule has 0 unspecified atom stereocenters. The molecule has 3 nitrogen and oxygen atoms in total. The van der Waals surface area contributed by atoms with Crippen molar-refractivity contribution in [2.24, 2.45) is 5.73 Å². The summed E-state index contributed by atoms with van der Waals surface area (Å²) in [6.45, 7) is 4.97. The van der Waals surface area contributed by atoms with Crippen molar-refractivity contribution in [1.82, 2.24) is 10.2 Å². The van der Waals surface area contributed by atoms with Gasteiger partial charge < -0.3 is 11.1 Å². The molecule has 0 amide bonds. The van der Waals surface area contributed by atoms with Crippen molar-refractivity contribution >= 4 is 0 Å². The van der Waals surface area contributed by atoms with Crippen molar-refractivity contribution in [3.05, 3.63) is 35.4 Å². The summed E-state index contributed by atoms with van der Waals surface area (Å²) in [5.74, 6) is 0. The van der Waals surface area contributed by atoms with E-state index in [4.69, 9.17) is 5.73 Å². The SMILES string of the molecule is NCC1(N2Cc3ccccc3C2)CNC1. The van der Waals surface area contributed by atoms with Gasteiger partial charge in [-0.05, 0) is 11.1 Å². The molecule has 3 heteroatoms. The van der Waals surface area contributed by atoms with Crippen LogP contribution in [0.1, 0.15) is 11.1 Å². The first kappa shape index (κ1) is 9.33. The highest BCUT2D eigenvalue weighted by atomic mass is 15.3. The minimum absolute atomic E-state index is 0.221. The van der Waals surface area contributed by atoms with Gasteiger partial charge >= 0.3 is 0 Å². The van der Waals surface area contributed by atoms with Crippen LogP contribution in [-0.2, 0) is 13.1 Å². The van der Waals surface area contributed by atoms with Gasteiger partial charge in [0.05, 0.1) is 5.54 Å². The van der Waals surface area contributed by atoms with Crippen LogP contribution in [-0.4, -0.2) is 30.1 Å². The Bertz CT molecular complexity index is 340. The fourth-order valence-corrected chi connectivity index (χ4v) is 2.58. The van der Waals surface area contributed by atoms with Gasteiger partial charge in [-0.3, -0.25) is 4.90 Å². The predicted molar refractivity (Wildman–Crippen MR) is 60.3 cm³/mol. The van der Waals surface area contributed by atoms with Gasteiger partial charge in [0.15, 0.2) is 0 Å². The molecule has 2 heterocycles. The highest BCUT2D eigenvalue weighted by Gasteiger charge is 2.43. The molecule has 1 fully saturated rings. The topological polar surface area (TPSA) is 41.3 Å². The monoisotopic (exact) mass is 203 g/mol. The Morgan fingerprint density at radius 3 is 2.20 bits per heavy atom. The normalized spacial score (nSPS) is 23.5. The molecule has 1 aromatic carbocycles. The highest BCUT2D eigenvalue weighted by Crippen LogP contribution is 2.30. The Balaban J connectivity index is 1.83. The van der Waals surface area contributed by atoms with Gasteiger partial charge in [-0.25, -0.2) is 0 Å². The van der Waals surface area contributed by atoms with Crippen molar-refractivity contribution < 1.29 is 0 Å². The molecular weight excluding hydrogens is 186 g/mol. The van der Waals surface area contributed by atoms with Crippen LogP contribution in [0.4, 0.5) is 0 Å². The number of fused-ring (bicyclic) bond motifs is 1. The second kappa shape index (κ2) is 3.30. The fraction of sp³-hybridized carbons (Fsp3) is 0.500. The van der Waals surface area contributed by atoms with Gasteiger partial charge in [0.25, 0.3) is 0 Å². The number of benzene rings is 1. The molecule has 0 aromatic heterocycles. The van der Waals surface area contributed by atoms with Gasteiger partial charge in [0, 0.05) is 32.7 Å². The average molecular weight is 203 g/mol. The van der Waals surface area contributed by atoms with Crippen LogP contribution in [0.25, 0.3) is 0 Å². The minimum atomic E-state index is 0.221. The zero-order valence-corrected chi connectivity index (χ0v) is 8.87. The first-order valence-electron chi connectivity index (χ1n) is 5.57. The van der Waals surface area contributed by atoms with Crippen molar-refractivity contribution in [3.63, 3.8) is 0 Å². The van der Waals surface area contributed by atoms with Crippen LogP contribution in [0.5, 0.6) is 0 Å². The quantitative estimate of drug-likeness (QED) is 0.726. The van der Waals surface area contributed by atoms with Crippen LogP contribution in [0.3, 0.4) is 0 Å². The number of nitrogens with zero attached hydrogens (tertiary/aromatic N) is 1. The maximum absolute atomic E-state index is 5.90. The lowest BCUT2D eigenvalue weighted by Gasteiger charge is -2.48. The summed E-state index contributed by atoms with van der Waals surface area (Å²) in [7, 11) is 0. The third kappa shape index (κ3) is 1.31. The predicted octanol–water partition coefficient (Wildman–Crippen LogP) is 0.303. The summed E-state index contributed by atoms with van der Waals surface area (Å²) in [6.07, 6.45) is 0. The van der Waals surface area contributed by atoms with Gasteiger partial charge in [0.2, 0.25) is 0 Å². The van der Waals surface area contributed by atoms with E-state index in [9.17, 15) is 0 Å². The maximum atomic E-state index is 5.90. The van der Waals surface area contributed by atoms with Crippen LogP contribution in [0.15, 0.2) is 24.3 Å². The van der Waals surface area contributed by atoms with Crippen LogP contribution < -0.4 is 11.1 Å². The van der Waals surface area contributed by atoms with Crippen LogP contribution in [0.2, 0.25) is 0 Å². The molecule has 2 aliphatic heterocycles. The first-order valence-corrected chi connectivity index (χ1v) is 5.57. The van der Waals surface area contributed by atoms with E-state index in [-0.39, 0.29) is 5.54 Å². The Morgan fingerprint density at radius 2 is 1.80 bits per heavy atom. The second-order valence-corrected chi connectivity index (χ2v) is 4.66. The molecule has 0 atom stereocenters. The number of hydrogen-bond donors (Lipinski definition) is 2. The maximum Gasteiger partial charge on any atom is 0.0587 e. The molecular formula is C12H17N3. The molecule has 0 saturated carbocycles. The largest absolute Gasteiger partial charge is 0.329 e. The number of nitrogens with one attached hydrogen (secondary N) is 1. The van der Waals surface area contributed by atoms with Gasteiger partial charge in [0.1, 0.15) is 0 Å². The van der Waals surface area contributed by atoms with E-state index in [2.05, 4.69) is 34.5 Å². The Hall–Kier alpha value is -0.900. The Labute approximate surface area is 90.3 Å². The molecule has 1 aromatic rings. The number of rotatable bonds is 2. The average Bonchev–Trinajstić information content (AvgIpc) is 2.60. The van der Waals surface area contributed by atoms with Crippen LogP contribution >= 0.6 is 0 Å². The zero-order valence-electron chi connectivity index (χ0n) is 8.87. The standard InChI is InChI=1S/C12H17N3/c13-7-12(8-14-9-12)15-5-10-3-1-2-4-11(10)6-15/h1-4,14H,5-9,13H2. The summed E-state index contributed by atoms with van der Waals surface area (Å²) in [4.78, 5) is 2.52. The molecule has 1 saturated heterocycles. The van der Waals surface area contributed by atoms with Crippen molar-refractivity contribution in [3.8, 4) is 0 Å².